The summed E-state index contributed by atoms with van der Waals surface area (Å²) in [7, 11) is 0. The zero-order valence-corrected chi connectivity index (χ0v) is 14.5. The number of allylic oxidation sites excluding steroid dienone is 1. The monoisotopic (exact) mass is 366 g/mol. The maximum atomic E-state index is 14.3. The normalized spacial score (nSPS) is 25.2. The number of carbonyl (C=O) groups excluding carboxylic acids is 1. The smallest absolute Gasteiger partial charge is 0.231 e. The molecule has 2 aromatic rings. The van der Waals surface area contributed by atoms with E-state index in [4.69, 9.17) is 0 Å². The topological polar surface area (TPSA) is 64.3 Å². The summed E-state index contributed by atoms with van der Waals surface area (Å²) in [5.41, 5.74) is -0.245. The quantitative estimate of drug-likeness (QED) is 0.884. The molecule has 26 heavy (non-hydrogen) atoms. The predicted molar refractivity (Wildman–Crippen MR) is 96.0 cm³/mol. The molecule has 0 radical (unpaired) electrons. The molecule has 2 aliphatic heterocycles. The molecule has 4 nitrogen and oxygen atoms in total. The van der Waals surface area contributed by atoms with Gasteiger partial charge in [0, 0.05) is 17.9 Å². The molecule has 0 unspecified atom stereocenters. The number of carbonyl (C=O) groups is 1. The van der Waals surface area contributed by atoms with Crippen molar-refractivity contribution in [2.45, 2.75) is 18.1 Å². The summed E-state index contributed by atoms with van der Waals surface area (Å²) in [6, 6.07) is 17.3. The van der Waals surface area contributed by atoms with Gasteiger partial charge < -0.3 is 5.11 Å². The molecule has 1 fully saturated rings. The molecule has 2 aromatic carbocycles. The van der Waals surface area contributed by atoms with E-state index in [0.29, 0.717) is 21.7 Å². The van der Waals surface area contributed by atoms with Crippen LogP contribution in [0.2, 0.25) is 0 Å². The van der Waals surface area contributed by atoms with E-state index in [1.54, 1.807) is 42.5 Å². The highest BCUT2D eigenvalue weighted by Gasteiger charge is 2.51. The highest BCUT2D eigenvalue weighted by Crippen LogP contribution is 2.51. The van der Waals surface area contributed by atoms with Crippen molar-refractivity contribution in [2.24, 2.45) is 0 Å². The lowest BCUT2D eigenvalue weighted by molar-refractivity contribution is -0.149. The van der Waals surface area contributed by atoms with Crippen molar-refractivity contribution in [1.29, 1.82) is 5.26 Å². The van der Waals surface area contributed by atoms with Gasteiger partial charge in [-0.1, -0.05) is 48.5 Å². The van der Waals surface area contributed by atoms with Crippen LogP contribution in [0.4, 0.5) is 4.39 Å². The molecule has 130 valence electrons. The summed E-state index contributed by atoms with van der Waals surface area (Å²) < 4.78 is 14.3. The summed E-state index contributed by atoms with van der Waals surface area (Å²) in [5.74, 6) is -1.16. The molecule has 1 saturated heterocycles. The van der Waals surface area contributed by atoms with E-state index in [1.165, 1.54) is 22.7 Å². The Labute approximate surface area is 154 Å². The van der Waals surface area contributed by atoms with Gasteiger partial charge in [-0.25, -0.2) is 4.39 Å². The summed E-state index contributed by atoms with van der Waals surface area (Å²) >= 11 is 1.26. The number of halogens is 1. The molecule has 1 amide bonds. The van der Waals surface area contributed by atoms with Crippen molar-refractivity contribution >= 4 is 17.7 Å². The Balaban J connectivity index is 1.84. The number of benzene rings is 2. The molecule has 4 rings (SSSR count). The Morgan fingerprint density at radius 3 is 2.58 bits per heavy atom. The number of nitrogens with zero attached hydrogens (tertiary/aromatic N) is 2. The van der Waals surface area contributed by atoms with Gasteiger partial charge in [-0.05, 0) is 11.6 Å². The number of rotatable bonds is 2. The van der Waals surface area contributed by atoms with Gasteiger partial charge in [-0.2, -0.15) is 5.26 Å². The van der Waals surface area contributed by atoms with Crippen LogP contribution in [-0.4, -0.2) is 21.7 Å². The number of thioether (sulfide) groups is 1. The molecule has 0 aromatic heterocycles. The maximum absolute atomic E-state index is 14.3. The first kappa shape index (κ1) is 16.8. The zero-order chi connectivity index (χ0) is 18.3. The number of amides is 1. The summed E-state index contributed by atoms with van der Waals surface area (Å²) in [6.07, 6.45) is -0.0525. The third-order valence-corrected chi connectivity index (χ3v) is 6.05. The Kier molecular flexibility index (Phi) is 4.06. The van der Waals surface area contributed by atoms with Gasteiger partial charge >= 0.3 is 0 Å². The fourth-order valence-corrected chi connectivity index (χ4v) is 4.93. The fourth-order valence-electron chi connectivity index (χ4n) is 3.57. The minimum Gasteiger partial charge on any atom is -0.366 e. The van der Waals surface area contributed by atoms with E-state index >= 15 is 0 Å². The Hall–Kier alpha value is -2.62. The highest BCUT2D eigenvalue weighted by molar-refractivity contribution is 8.03. The van der Waals surface area contributed by atoms with Gasteiger partial charge in [0.2, 0.25) is 5.91 Å². The van der Waals surface area contributed by atoms with E-state index in [-0.39, 0.29) is 18.1 Å². The van der Waals surface area contributed by atoms with Crippen LogP contribution in [0.5, 0.6) is 0 Å². The number of hydrogen-bond donors (Lipinski definition) is 1. The SMILES string of the molecule is N#CC1=C2SC[C@](O)(c3ccccc3)N2C(=O)C[C@@H]1c1ccccc1F. The van der Waals surface area contributed by atoms with Gasteiger partial charge in [0.05, 0.1) is 22.4 Å². The molecular formula is C20H15FN2O2S. The van der Waals surface area contributed by atoms with Gasteiger partial charge in [-0.15, -0.1) is 11.8 Å². The molecule has 0 spiro atoms. The minimum absolute atomic E-state index is 0.0525. The minimum atomic E-state index is -1.50. The standard InChI is InChI=1S/C20H15FN2O2S/c21-17-9-5-4-8-14(17)15-10-18(24)23-19(16(15)11-22)26-12-20(23,25)13-6-2-1-3-7-13/h1-9,15,25H,10,12H2/t15-,20+/m1/s1. The predicted octanol–water partition coefficient (Wildman–Crippen LogP) is 3.47. The summed E-state index contributed by atoms with van der Waals surface area (Å²) in [6.45, 7) is 0. The molecule has 2 heterocycles. The third kappa shape index (κ3) is 2.44. The van der Waals surface area contributed by atoms with E-state index in [2.05, 4.69) is 6.07 Å². The molecule has 6 heteroatoms. The van der Waals surface area contributed by atoms with Gasteiger partial charge in [0.15, 0.2) is 5.72 Å². The summed E-state index contributed by atoms with van der Waals surface area (Å²) in [4.78, 5) is 14.2. The van der Waals surface area contributed by atoms with E-state index in [1.807, 2.05) is 6.07 Å². The molecule has 0 aliphatic carbocycles. The van der Waals surface area contributed by atoms with Gasteiger partial charge in [0.25, 0.3) is 0 Å². The molecule has 1 N–H and O–H groups in total. The number of aliphatic hydroxyl groups is 1. The second-order valence-corrected chi connectivity index (χ2v) is 7.27. The van der Waals surface area contributed by atoms with Crippen LogP contribution >= 0.6 is 11.8 Å². The van der Waals surface area contributed by atoms with Crippen LogP contribution in [-0.2, 0) is 10.5 Å². The lowest BCUT2D eigenvalue weighted by atomic mass is 9.85. The molecule has 0 bridgehead atoms. The van der Waals surface area contributed by atoms with Crippen molar-refractivity contribution in [3.05, 3.63) is 82.1 Å². The van der Waals surface area contributed by atoms with Crippen LogP contribution < -0.4 is 0 Å². The molecule has 2 aliphatic rings. The zero-order valence-electron chi connectivity index (χ0n) is 13.7. The van der Waals surface area contributed by atoms with Crippen molar-refractivity contribution < 1.29 is 14.3 Å². The van der Waals surface area contributed by atoms with Crippen molar-refractivity contribution in [3.8, 4) is 6.07 Å². The second-order valence-electron chi connectivity index (χ2n) is 6.31. The van der Waals surface area contributed by atoms with Crippen LogP contribution in [0.25, 0.3) is 0 Å². The Morgan fingerprint density at radius 2 is 1.88 bits per heavy atom. The highest BCUT2D eigenvalue weighted by atomic mass is 32.2. The Bertz CT molecular complexity index is 954. The molecule has 0 saturated carbocycles. The van der Waals surface area contributed by atoms with E-state index < -0.39 is 17.5 Å². The van der Waals surface area contributed by atoms with Crippen LogP contribution in [0.1, 0.15) is 23.5 Å². The van der Waals surface area contributed by atoms with E-state index in [9.17, 15) is 19.6 Å². The fraction of sp³-hybridized carbons (Fsp3) is 0.200. The van der Waals surface area contributed by atoms with Crippen LogP contribution in [0, 0.1) is 17.1 Å². The van der Waals surface area contributed by atoms with Crippen molar-refractivity contribution in [1.82, 2.24) is 4.90 Å². The number of nitriles is 1. The van der Waals surface area contributed by atoms with Crippen LogP contribution in [0.15, 0.2) is 65.2 Å². The van der Waals surface area contributed by atoms with Crippen molar-refractivity contribution in [3.63, 3.8) is 0 Å². The number of hydrogen-bond acceptors (Lipinski definition) is 4. The lowest BCUT2D eigenvalue weighted by Gasteiger charge is -2.38. The lowest BCUT2D eigenvalue weighted by Crippen LogP contribution is -2.48. The van der Waals surface area contributed by atoms with Gasteiger partial charge in [0.1, 0.15) is 5.82 Å². The first-order chi connectivity index (χ1) is 12.6. The average molecular weight is 366 g/mol. The van der Waals surface area contributed by atoms with Crippen LogP contribution in [0.3, 0.4) is 0 Å². The van der Waals surface area contributed by atoms with Crippen molar-refractivity contribution in [2.75, 3.05) is 5.75 Å². The Morgan fingerprint density at radius 1 is 1.19 bits per heavy atom. The largest absolute Gasteiger partial charge is 0.366 e. The van der Waals surface area contributed by atoms with E-state index in [0.717, 1.165) is 0 Å². The molecular weight excluding hydrogens is 351 g/mol. The maximum Gasteiger partial charge on any atom is 0.231 e. The average Bonchev–Trinajstić information content (AvgIpc) is 3.02. The number of fused-ring (bicyclic) bond motifs is 1. The third-order valence-electron chi connectivity index (χ3n) is 4.83. The second kappa shape index (κ2) is 6.27. The first-order valence-electron chi connectivity index (χ1n) is 8.18. The molecule has 2 atom stereocenters. The summed E-state index contributed by atoms with van der Waals surface area (Å²) in [5, 5.41) is 21.4. The first-order valence-corrected chi connectivity index (χ1v) is 9.17. The van der Waals surface area contributed by atoms with Gasteiger partial charge in [-0.3, -0.25) is 9.69 Å².